The van der Waals surface area contributed by atoms with Crippen molar-refractivity contribution in [2.75, 3.05) is 7.11 Å². The molecule has 2 aliphatic rings. The highest BCUT2D eigenvalue weighted by Gasteiger charge is 2.20. The minimum Gasteiger partial charge on any atom is -0.469 e. The van der Waals surface area contributed by atoms with Crippen molar-refractivity contribution in [2.24, 2.45) is 0 Å². The predicted octanol–water partition coefficient (Wildman–Crippen LogP) is 7.94. The molecule has 0 saturated carbocycles. The topological polar surface area (TPSA) is 118 Å². The summed E-state index contributed by atoms with van der Waals surface area (Å²) >= 11 is 0. The molecule has 2 aliphatic heterocycles. The molecule has 8 nitrogen and oxygen atoms in total. The highest BCUT2D eigenvalue weighted by atomic mass is 16.5. The van der Waals surface area contributed by atoms with Crippen LogP contribution in [0.4, 0.5) is 0 Å². The van der Waals surface area contributed by atoms with E-state index >= 15 is 0 Å². The summed E-state index contributed by atoms with van der Waals surface area (Å²) in [6, 6.07) is 8.45. The number of aromatic amines is 2. The summed E-state index contributed by atoms with van der Waals surface area (Å²) in [6.45, 7) is 18.8. The molecule has 0 unspecified atom stereocenters. The van der Waals surface area contributed by atoms with Crippen LogP contribution in [0.25, 0.3) is 50.4 Å². The maximum atomic E-state index is 12.1. The van der Waals surface area contributed by atoms with Crippen molar-refractivity contribution >= 4 is 62.6 Å². The van der Waals surface area contributed by atoms with Crippen LogP contribution in [0.3, 0.4) is 0 Å². The first kappa shape index (κ1) is 31.9. The van der Waals surface area contributed by atoms with E-state index in [1.54, 1.807) is 0 Å². The maximum absolute atomic E-state index is 12.1. The first-order chi connectivity index (χ1) is 21.1. The summed E-state index contributed by atoms with van der Waals surface area (Å²) in [7, 11) is 1.43. The number of nitrogens with one attached hydrogen (secondary N) is 2. The Morgan fingerprint density at radius 3 is 2.07 bits per heavy atom. The number of ether oxygens (including phenoxy) is 1. The van der Waals surface area contributed by atoms with Gasteiger partial charge < -0.3 is 14.7 Å². The van der Waals surface area contributed by atoms with Crippen LogP contribution in [0, 0.1) is 13.8 Å². The third kappa shape index (κ3) is 6.03. The summed E-state index contributed by atoms with van der Waals surface area (Å²) < 4.78 is 4.96. The van der Waals surface area contributed by atoms with Gasteiger partial charge in [0.15, 0.2) is 0 Å². The molecule has 5 rings (SSSR count). The van der Waals surface area contributed by atoms with Crippen LogP contribution in [-0.2, 0) is 25.5 Å². The molecular formula is C36H38N4O4. The van der Waals surface area contributed by atoms with Gasteiger partial charge in [-0.25, -0.2) is 9.97 Å². The van der Waals surface area contributed by atoms with Gasteiger partial charge in [-0.15, -0.1) is 0 Å². The van der Waals surface area contributed by atoms with E-state index in [-0.39, 0.29) is 12.1 Å². The van der Waals surface area contributed by atoms with E-state index < -0.39 is 0 Å². The molecule has 0 atom stereocenters. The Balaban J connectivity index is 0.00000141. The van der Waals surface area contributed by atoms with Gasteiger partial charge in [0.1, 0.15) is 0 Å². The lowest BCUT2D eigenvalue weighted by Gasteiger charge is -2.03. The highest BCUT2D eigenvalue weighted by molar-refractivity contribution is 5.98. The molecule has 226 valence electrons. The third-order valence-electron chi connectivity index (χ3n) is 8.35. The number of carbonyl (C=O) groups excluding carboxylic acids is 3. The molecule has 5 heterocycles. The number of rotatable bonds is 7. The number of nitrogens with zero attached hydrogens (tertiary/aromatic N) is 2. The van der Waals surface area contributed by atoms with Crippen molar-refractivity contribution in [1.29, 1.82) is 0 Å². The monoisotopic (exact) mass is 590 g/mol. The van der Waals surface area contributed by atoms with E-state index in [1.807, 2.05) is 12.2 Å². The zero-order valence-corrected chi connectivity index (χ0v) is 26.2. The first-order valence-corrected chi connectivity index (χ1v) is 14.6. The van der Waals surface area contributed by atoms with Crippen LogP contribution in [0.2, 0.25) is 0 Å². The number of allylic oxidation sites excluding steroid dienone is 5. The van der Waals surface area contributed by atoms with Gasteiger partial charge >= 0.3 is 12.1 Å². The molecule has 0 aromatic carbocycles. The van der Waals surface area contributed by atoms with Gasteiger partial charge in [-0.1, -0.05) is 38.7 Å². The minimum absolute atomic E-state index is 0.226. The fourth-order valence-corrected chi connectivity index (χ4v) is 5.88. The van der Waals surface area contributed by atoms with Crippen molar-refractivity contribution in [2.45, 2.75) is 60.3 Å². The van der Waals surface area contributed by atoms with E-state index in [1.165, 1.54) is 18.3 Å². The second-order valence-corrected chi connectivity index (χ2v) is 10.8. The van der Waals surface area contributed by atoms with Gasteiger partial charge in [0.25, 0.3) is 0 Å². The van der Waals surface area contributed by atoms with E-state index in [2.05, 4.69) is 82.0 Å². The van der Waals surface area contributed by atoms with Crippen LogP contribution in [0.1, 0.15) is 85.1 Å². The van der Waals surface area contributed by atoms with Crippen molar-refractivity contribution in [3.8, 4) is 0 Å². The van der Waals surface area contributed by atoms with E-state index in [4.69, 9.17) is 24.3 Å². The third-order valence-corrected chi connectivity index (χ3v) is 8.35. The van der Waals surface area contributed by atoms with Crippen molar-refractivity contribution in [3.63, 3.8) is 0 Å². The number of hydrogen-bond acceptors (Lipinski definition) is 6. The Labute approximate surface area is 257 Å². The molecule has 2 N–H and O–H groups in total. The minimum atomic E-state index is -0.226. The Kier molecular flexibility index (Phi) is 9.77. The van der Waals surface area contributed by atoms with Gasteiger partial charge in [-0.3, -0.25) is 4.79 Å². The molecule has 8 heteroatoms. The molecule has 0 aliphatic carbocycles. The highest BCUT2D eigenvalue weighted by Crippen LogP contribution is 2.37. The quantitative estimate of drug-likeness (QED) is 0.270. The maximum Gasteiger partial charge on any atom is 0.373 e. The lowest BCUT2D eigenvalue weighted by atomic mass is 10.0. The lowest BCUT2D eigenvalue weighted by molar-refractivity contribution is -0.191. The smallest absolute Gasteiger partial charge is 0.373 e. The van der Waals surface area contributed by atoms with Crippen LogP contribution in [0.15, 0.2) is 43.5 Å². The van der Waals surface area contributed by atoms with Crippen LogP contribution < -0.4 is 0 Å². The lowest BCUT2D eigenvalue weighted by Crippen LogP contribution is -2.02. The molecule has 0 spiro atoms. The number of carbonyl (C=O) groups is 1. The van der Waals surface area contributed by atoms with Gasteiger partial charge in [0.2, 0.25) is 0 Å². The van der Waals surface area contributed by atoms with Crippen LogP contribution >= 0.6 is 0 Å². The number of fused-ring (bicyclic) bond motifs is 8. The number of H-pyrrole nitrogens is 2. The van der Waals surface area contributed by atoms with Crippen molar-refractivity contribution in [1.82, 2.24) is 19.9 Å². The van der Waals surface area contributed by atoms with Crippen LogP contribution in [-0.4, -0.2) is 39.2 Å². The van der Waals surface area contributed by atoms with Gasteiger partial charge in [0.05, 0.1) is 29.9 Å². The number of methoxy groups -OCH3 is 1. The SMILES string of the molecule is C=CC1=C(C)c2cc3nc(cc4[nH]c(cc5[nH]c(cc1n2)c(C)c5C=C)c(C)c4CCC(=O)OC)C(CCC)=C3C.O=C=O. The second kappa shape index (κ2) is 13.5. The van der Waals surface area contributed by atoms with Gasteiger partial charge in [-0.05, 0) is 98.2 Å². The summed E-state index contributed by atoms with van der Waals surface area (Å²) in [5.74, 6) is -0.226. The zero-order chi connectivity index (χ0) is 32.1. The predicted molar refractivity (Wildman–Crippen MR) is 176 cm³/mol. The second-order valence-electron chi connectivity index (χ2n) is 10.8. The van der Waals surface area contributed by atoms with Crippen molar-refractivity contribution < 1.29 is 19.1 Å². The van der Waals surface area contributed by atoms with E-state index in [0.29, 0.717) is 12.8 Å². The Morgan fingerprint density at radius 2 is 1.43 bits per heavy atom. The number of aryl methyl sites for hydroxylation is 3. The summed E-state index contributed by atoms with van der Waals surface area (Å²) in [4.78, 5) is 45.8. The molecule has 8 bridgehead atoms. The normalized spacial score (nSPS) is 12.4. The Hall–Kier alpha value is -5.07. The fourth-order valence-electron chi connectivity index (χ4n) is 5.88. The first-order valence-electron chi connectivity index (χ1n) is 14.6. The average Bonchev–Trinajstić information content (AvgIpc) is 3.66. The molecule has 0 radical (unpaired) electrons. The fraction of sp³-hybridized carbons (Fsp3) is 0.278. The summed E-state index contributed by atoms with van der Waals surface area (Å²) in [6.07, 6.45) is 6.82. The summed E-state index contributed by atoms with van der Waals surface area (Å²) in [5.41, 5.74) is 16.3. The Bertz CT molecular complexity index is 1930. The summed E-state index contributed by atoms with van der Waals surface area (Å²) in [5, 5.41) is 0. The molecule has 3 aromatic rings. The number of esters is 1. The number of aromatic nitrogens is 4. The van der Waals surface area contributed by atoms with Crippen molar-refractivity contribution in [3.05, 3.63) is 88.5 Å². The molecule has 0 saturated heterocycles. The number of hydrogen-bond donors (Lipinski definition) is 2. The van der Waals surface area contributed by atoms with E-state index in [9.17, 15) is 4.79 Å². The van der Waals surface area contributed by atoms with Gasteiger partial charge in [-0.2, -0.15) is 9.59 Å². The standard InChI is InChI=1S/C35H38N4O2.CO2/c1-9-12-25-21(6)28-15-27-19(4)23(10-2)31(36-27)16-29-20(5)24(11-3)32(37-29)17-30-22(7)26(13-14-35(40)41-8)34(39-30)18-33(25)38-28;2-1-3/h10-11,15-18,37,39H,2-3,9,12-14H2,1,4-8H3;. The van der Waals surface area contributed by atoms with Gasteiger partial charge in [0, 0.05) is 39.6 Å². The molecule has 3 aromatic heterocycles. The molecular weight excluding hydrogens is 552 g/mol. The van der Waals surface area contributed by atoms with Crippen LogP contribution in [0.5, 0.6) is 0 Å². The molecule has 0 amide bonds. The average molecular weight is 591 g/mol. The Morgan fingerprint density at radius 1 is 0.818 bits per heavy atom. The zero-order valence-electron chi connectivity index (χ0n) is 26.2. The largest absolute Gasteiger partial charge is 0.469 e. The molecule has 0 fully saturated rings. The molecule has 44 heavy (non-hydrogen) atoms. The van der Waals surface area contributed by atoms with E-state index in [0.717, 1.165) is 91.1 Å².